The Hall–Kier alpha value is -2.41. The minimum absolute atomic E-state index is 0.0638. The summed E-state index contributed by atoms with van der Waals surface area (Å²) in [6.07, 6.45) is 0. The lowest BCUT2D eigenvalue weighted by molar-refractivity contribution is 0.354. The van der Waals surface area contributed by atoms with Crippen LogP contribution in [0.3, 0.4) is 0 Å². The van der Waals surface area contributed by atoms with Crippen LogP contribution in [-0.4, -0.2) is 73.8 Å². The highest BCUT2D eigenvalue weighted by Crippen LogP contribution is 2.29. The minimum atomic E-state index is -3.94. The first-order valence-electron chi connectivity index (χ1n) is 9.87. The predicted molar refractivity (Wildman–Crippen MR) is 119 cm³/mol. The van der Waals surface area contributed by atoms with Crippen molar-refractivity contribution in [3.63, 3.8) is 0 Å². The number of hydrogen-bond donors (Lipinski definition) is 1. The highest BCUT2D eigenvalue weighted by Gasteiger charge is 2.28. The number of nitrogens with one attached hydrogen (secondary N) is 1. The number of hydrogen-bond acceptors (Lipinski definition) is 7. The molecule has 0 aromatic heterocycles. The molecule has 0 atom stereocenters. The number of para-hydroxylation sites is 1. The van der Waals surface area contributed by atoms with Gasteiger partial charge >= 0.3 is 0 Å². The van der Waals surface area contributed by atoms with E-state index >= 15 is 0 Å². The summed E-state index contributed by atoms with van der Waals surface area (Å²) in [6, 6.07) is 10.5. The van der Waals surface area contributed by atoms with Gasteiger partial charge < -0.3 is 14.4 Å². The van der Waals surface area contributed by atoms with Gasteiger partial charge in [-0.1, -0.05) is 12.1 Å². The fraction of sp³-hybridized carbons (Fsp3) is 0.400. The molecule has 1 heterocycles. The highest BCUT2D eigenvalue weighted by atomic mass is 32.2. The molecular weight excluding hydrogens is 461 g/mol. The topological polar surface area (TPSA) is 105 Å². The van der Waals surface area contributed by atoms with Gasteiger partial charge in [0.2, 0.25) is 20.0 Å². The molecule has 1 saturated heterocycles. The smallest absolute Gasteiger partial charge is 0.240 e. The van der Waals surface area contributed by atoms with Crippen LogP contribution in [0.5, 0.6) is 11.5 Å². The maximum Gasteiger partial charge on any atom is 0.240 e. The molecule has 0 spiro atoms. The van der Waals surface area contributed by atoms with Crippen molar-refractivity contribution in [2.24, 2.45) is 0 Å². The Bertz CT molecular complexity index is 1150. The molecule has 32 heavy (non-hydrogen) atoms. The van der Waals surface area contributed by atoms with Crippen molar-refractivity contribution in [1.29, 1.82) is 0 Å². The van der Waals surface area contributed by atoms with Crippen LogP contribution in [0, 0.1) is 5.82 Å². The monoisotopic (exact) mass is 487 g/mol. The number of methoxy groups -OCH3 is 2. The predicted octanol–water partition coefficient (Wildman–Crippen LogP) is 1.27. The molecular formula is C20H26FN3O6S2. The SMILES string of the molecule is COc1ccc(S(=O)(=O)NCCS(=O)(=O)N2CCN(c3ccccc3F)CC2)cc1OC. The highest BCUT2D eigenvalue weighted by molar-refractivity contribution is 7.90. The second-order valence-electron chi connectivity index (χ2n) is 7.07. The Balaban J connectivity index is 1.57. The van der Waals surface area contributed by atoms with E-state index in [2.05, 4.69) is 4.72 Å². The van der Waals surface area contributed by atoms with Crippen LogP contribution in [0.15, 0.2) is 47.4 Å². The molecule has 1 aliphatic heterocycles. The fourth-order valence-electron chi connectivity index (χ4n) is 3.42. The molecule has 0 aliphatic carbocycles. The average molecular weight is 488 g/mol. The largest absolute Gasteiger partial charge is 0.493 e. The van der Waals surface area contributed by atoms with Crippen LogP contribution in [0.25, 0.3) is 0 Å². The molecule has 0 saturated carbocycles. The van der Waals surface area contributed by atoms with Gasteiger partial charge in [0.25, 0.3) is 0 Å². The van der Waals surface area contributed by atoms with Gasteiger partial charge in [-0.2, -0.15) is 4.31 Å². The molecule has 2 aromatic rings. The molecule has 1 N–H and O–H groups in total. The average Bonchev–Trinajstić information content (AvgIpc) is 2.78. The summed E-state index contributed by atoms with van der Waals surface area (Å²) >= 11 is 0. The standard InChI is InChI=1S/C20H26FN3O6S2/c1-29-19-8-7-16(15-20(19)30-2)32(27,28)22-9-14-31(25,26)24-12-10-23(11-13-24)18-6-4-3-5-17(18)21/h3-8,15,22H,9-14H2,1-2H3. The van der Waals surface area contributed by atoms with E-state index in [9.17, 15) is 21.2 Å². The van der Waals surface area contributed by atoms with E-state index in [0.29, 0.717) is 24.5 Å². The third-order valence-electron chi connectivity index (χ3n) is 5.14. The molecule has 12 heteroatoms. The summed E-state index contributed by atoms with van der Waals surface area (Å²) in [7, 11) is -4.80. The van der Waals surface area contributed by atoms with Crippen molar-refractivity contribution in [3.8, 4) is 11.5 Å². The Morgan fingerprint density at radius 2 is 1.59 bits per heavy atom. The lowest BCUT2D eigenvalue weighted by Gasteiger charge is -2.35. The minimum Gasteiger partial charge on any atom is -0.493 e. The van der Waals surface area contributed by atoms with Crippen molar-refractivity contribution in [1.82, 2.24) is 9.03 Å². The lowest BCUT2D eigenvalue weighted by atomic mass is 10.2. The van der Waals surface area contributed by atoms with Crippen LogP contribution in [0.2, 0.25) is 0 Å². The number of benzene rings is 2. The van der Waals surface area contributed by atoms with Gasteiger partial charge in [0, 0.05) is 38.8 Å². The van der Waals surface area contributed by atoms with E-state index in [1.54, 1.807) is 23.1 Å². The van der Waals surface area contributed by atoms with Gasteiger partial charge in [-0.15, -0.1) is 0 Å². The molecule has 1 fully saturated rings. The molecule has 9 nitrogen and oxygen atoms in total. The van der Waals surface area contributed by atoms with Crippen LogP contribution in [0.1, 0.15) is 0 Å². The second kappa shape index (κ2) is 10.0. The summed E-state index contributed by atoms with van der Waals surface area (Å²) in [5.41, 5.74) is 0.437. The van der Waals surface area contributed by atoms with Gasteiger partial charge in [-0.3, -0.25) is 0 Å². The van der Waals surface area contributed by atoms with E-state index in [0.717, 1.165) is 0 Å². The third kappa shape index (κ3) is 5.49. The van der Waals surface area contributed by atoms with Crippen molar-refractivity contribution >= 4 is 25.7 Å². The number of rotatable bonds is 9. The first-order valence-corrected chi connectivity index (χ1v) is 13.0. The maximum absolute atomic E-state index is 14.0. The van der Waals surface area contributed by atoms with E-state index in [4.69, 9.17) is 9.47 Å². The molecule has 0 bridgehead atoms. The van der Waals surface area contributed by atoms with Gasteiger partial charge in [0.05, 0.1) is 30.6 Å². The van der Waals surface area contributed by atoms with Crippen LogP contribution in [0.4, 0.5) is 10.1 Å². The van der Waals surface area contributed by atoms with Crippen molar-refractivity contribution in [2.45, 2.75) is 4.90 Å². The van der Waals surface area contributed by atoms with Gasteiger partial charge in [0.15, 0.2) is 11.5 Å². The number of halogens is 1. The Morgan fingerprint density at radius 1 is 0.938 bits per heavy atom. The Kier molecular flexibility index (Phi) is 7.59. The Morgan fingerprint density at radius 3 is 2.22 bits per heavy atom. The molecule has 0 radical (unpaired) electrons. The Labute approximate surface area is 187 Å². The van der Waals surface area contributed by atoms with Crippen molar-refractivity contribution in [2.75, 3.05) is 57.6 Å². The zero-order valence-corrected chi connectivity index (χ0v) is 19.5. The normalized spacial score (nSPS) is 15.5. The first-order chi connectivity index (χ1) is 15.2. The summed E-state index contributed by atoms with van der Waals surface area (Å²) in [5, 5.41) is 0. The molecule has 2 aromatic carbocycles. The summed E-state index contributed by atoms with van der Waals surface area (Å²) in [6.45, 7) is 0.791. The van der Waals surface area contributed by atoms with E-state index in [1.165, 1.54) is 42.8 Å². The molecule has 1 aliphatic rings. The third-order valence-corrected chi connectivity index (χ3v) is 8.47. The van der Waals surface area contributed by atoms with E-state index in [-0.39, 0.29) is 41.8 Å². The number of nitrogens with zero attached hydrogens (tertiary/aromatic N) is 2. The second-order valence-corrected chi connectivity index (χ2v) is 10.9. The van der Waals surface area contributed by atoms with Crippen LogP contribution in [-0.2, 0) is 20.0 Å². The molecule has 0 amide bonds. The lowest BCUT2D eigenvalue weighted by Crippen LogP contribution is -2.50. The summed E-state index contributed by atoms with van der Waals surface area (Å²) in [4.78, 5) is 1.73. The maximum atomic E-state index is 14.0. The fourth-order valence-corrected chi connectivity index (χ4v) is 5.93. The quantitative estimate of drug-likeness (QED) is 0.568. The van der Waals surface area contributed by atoms with Crippen LogP contribution >= 0.6 is 0 Å². The van der Waals surface area contributed by atoms with Gasteiger partial charge in [-0.05, 0) is 24.3 Å². The summed E-state index contributed by atoms with van der Waals surface area (Å²) < 4.78 is 78.2. The van der Waals surface area contributed by atoms with Crippen molar-refractivity contribution < 1.29 is 30.7 Å². The van der Waals surface area contributed by atoms with Gasteiger partial charge in [0.1, 0.15) is 5.82 Å². The van der Waals surface area contributed by atoms with Crippen molar-refractivity contribution in [3.05, 3.63) is 48.3 Å². The zero-order chi connectivity index (χ0) is 23.4. The van der Waals surface area contributed by atoms with Gasteiger partial charge in [-0.25, -0.2) is 25.9 Å². The number of anilines is 1. The molecule has 176 valence electrons. The van der Waals surface area contributed by atoms with E-state index < -0.39 is 20.0 Å². The zero-order valence-electron chi connectivity index (χ0n) is 17.8. The first kappa shape index (κ1) is 24.2. The number of piperazine rings is 1. The molecule has 3 rings (SSSR count). The van der Waals surface area contributed by atoms with Crippen LogP contribution < -0.4 is 19.1 Å². The summed E-state index contributed by atoms with van der Waals surface area (Å²) in [5.74, 6) is -0.119. The number of sulfonamides is 2. The number of ether oxygens (including phenoxy) is 2. The molecule has 0 unspecified atom stereocenters. The van der Waals surface area contributed by atoms with E-state index in [1.807, 2.05) is 0 Å².